The largest absolute Gasteiger partial charge is 0.332 e. The van der Waals surface area contributed by atoms with Gasteiger partial charge in [0, 0.05) is 17.7 Å². The van der Waals surface area contributed by atoms with Crippen LogP contribution in [0.25, 0.3) is 0 Å². The standard InChI is InChI=1S/C15H17BrN4O/c1-20-12(5-6-18-20)9-17-15(21)19-14-8-11-4-2-3-10(11)7-13(14)16/h5-8H,2-4,9H2,1H3,(H2,17,19,21). The lowest BCUT2D eigenvalue weighted by molar-refractivity contribution is 0.251. The molecule has 1 heterocycles. The Kier molecular flexibility index (Phi) is 3.96. The summed E-state index contributed by atoms with van der Waals surface area (Å²) in [4.78, 5) is 12.0. The van der Waals surface area contributed by atoms with Gasteiger partial charge in [-0.05, 0) is 64.5 Å². The summed E-state index contributed by atoms with van der Waals surface area (Å²) in [6.07, 6.45) is 5.12. The lowest BCUT2D eigenvalue weighted by atomic mass is 10.1. The number of nitrogens with one attached hydrogen (secondary N) is 2. The molecule has 0 fully saturated rings. The Morgan fingerprint density at radius 3 is 2.86 bits per heavy atom. The van der Waals surface area contributed by atoms with Crippen LogP contribution in [0.15, 0.2) is 28.9 Å². The van der Waals surface area contributed by atoms with Crippen molar-refractivity contribution in [2.75, 3.05) is 5.32 Å². The van der Waals surface area contributed by atoms with Crippen LogP contribution in [0.4, 0.5) is 10.5 Å². The molecule has 0 atom stereocenters. The third-order valence-electron chi connectivity index (χ3n) is 3.78. The molecular weight excluding hydrogens is 332 g/mol. The maximum absolute atomic E-state index is 12.0. The van der Waals surface area contributed by atoms with Gasteiger partial charge in [0.2, 0.25) is 0 Å². The molecule has 6 heteroatoms. The van der Waals surface area contributed by atoms with E-state index >= 15 is 0 Å². The van der Waals surface area contributed by atoms with Crippen molar-refractivity contribution in [2.24, 2.45) is 7.05 Å². The number of urea groups is 1. The van der Waals surface area contributed by atoms with E-state index in [0.717, 1.165) is 28.7 Å². The minimum atomic E-state index is -0.213. The summed E-state index contributed by atoms with van der Waals surface area (Å²) in [5.41, 5.74) is 4.49. The fraction of sp³-hybridized carbons (Fsp3) is 0.333. The lowest BCUT2D eigenvalue weighted by Gasteiger charge is -2.11. The van der Waals surface area contributed by atoms with Crippen molar-refractivity contribution < 1.29 is 4.79 Å². The summed E-state index contributed by atoms with van der Waals surface area (Å²) >= 11 is 3.52. The summed E-state index contributed by atoms with van der Waals surface area (Å²) in [6.45, 7) is 0.449. The second kappa shape index (κ2) is 5.89. The van der Waals surface area contributed by atoms with Crippen molar-refractivity contribution in [3.05, 3.63) is 45.7 Å². The quantitative estimate of drug-likeness (QED) is 0.895. The molecule has 0 spiro atoms. The molecule has 5 nitrogen and oxygen atoms in total. The molecule has 1 aliphatic carbocycles. The summed E-state index contributed by atoms with van der Waals surface area (Å²) in [6, 6.07) is 5.84. The fourth-order valence-electron chi connectivity index (χ4n) is 2.60. The average Bonchev–Trinajstić information content (AvgIpc) is 3.05. The van der Waals surface area contributed by atoms with E-state index in [1.54, 1.807) is 10.9 Å². The van der Waals surface area contributed by atoms with E-state index in [2.05, 4.69) is 43.8 Å². The van der Waals surface area contributed by atoms with Gasteiger partial charge in [-0.15, -0.1) is 0 Å². The van der Waals surface area contributed by atoms with Crippen LogP contribution in [0.5, 0.6) is 0 Å². The van der Waals surface area contributed by atoms with E-state index in [1.165, 1.54) is 17.5 Å². The van der Waals surface area contributed by atoms with Crippen molar-refractivity contribution >= 4 is 27.6 Å². The van der Waals surface area contributed by atoms with Crippen molar-refractivity contribution in [2.45, 2.75) is 25.8 Å². The Labute approximate surface area is 131 Å². The van der Waals surface area contributed by atoms with E-state index in [1.807, 2.05) is 13.1 Å². The molecule has 0 aliphatic heterocycles. The first kappa shape index (κ1) is 14.1. The van der Waals surface area contributed by atoms with Gasteiger partial charge in [-0.2, -0.15) is 5.10 Å². The Bertz CT molecular complexity index is 680. The number of aromatic nitrogens is 2. The van der Waals surface area contributed by atoms with Crippen LogP contribution in [0.3, 0.4) is 0 Å². The number of anilines is 1. The molecule has 0 unspecified atom stereocenters. The Hall–Kier alpha value is -1.82. The van der Waals surface area contributed by atoms with Gasteiger partial charge in [0.15, 0.2) is 0 Å². The van der Waals surface area contributed by atoms with Crippen LogP contribution >= 0.6 is 15.9 Å². The molecule has 110 valence electrons. The van der Waals surface area contributed by atoms with Gasteiger partial charge >= 0.3 is 6.03 Å². The highest BCUT2D eigenvalue weighted by molar-refractivity contribution is 9.10. The number of hydrogen-bond acceptors (Lipinski definition) is 2. The molecule has 2 aromatic rings. The molecular formula is C15H17BrN4O. The number of hydrogen-bond donors (Lipinski definition) is 2. The first-order valence-electron chi connectivity index (χ1n) is 6.96. The van der Waals surface area contributed by atoms with Crippen LogP contribution in [-0.4, -0.2) is 15.8 Å². The van der Waals surface area contributed by atoms with Crippen LogP contribution in [-0.2, 0) is 26.4 Å². The summed E-state index contributed by atoms with van der Waals surface area (Å²) in [7, 11) is 1.85. The maximum Gasteiger partial charge on any atom is 0.319 e. The zero-order valence-electron chi connectivity index (χ0n) is 11.8. The molecule has 1 aromatic heterocycles. The number of benzene rings is 1. The molecule has 21 heavy (non-hydrogen) atoms. The normalized spacial score (nSPS) is 13.0. The molecule has 1 aliphatic rings. The first-order chi connectivity index (χ1) is 10.1. The van der Waals surface area contributed by atoms with Gasteiger partial charge in [0.25, 0.3) is 0 Å². The number of carbonyl (C=O) groups excluding carboxylic acids is 1. The highest BCUT2D eigenvalue weighted by Gasteiger charge is 2.15. The summed E-state index contributed by atoms with van der Waals surface area (Å²) < 4.78 is 2.67. The van der Waals surface area contributed by atoms with Crippen LogP contribution in [0, 0.1) is 0 Å². The first-order valence-corrected chi connectivity index (χ1v) is 7.76. The predicted molar refractivity (Wildman–Crippen MR) is 85.2 cm³/mol. The Morgan fingerprint density at radius 2 is 2.14 bits per heavy atom. The van der Waals surface area contributed by atoms with Gasteiger partial charge in [0.05, 0.1) is 17.9 Å². The zero-order chi connectivity index (χ0) is 14.8. The van der Waals surface area contributed by atoms with Gasteiger partial charge in [-0.25, -0.2) is 4.79 Å². The fourth-order valence-corrected chi connectivity index (χ4v) is 3.09. The summed E-state index contributed by atoms with van der Waals surface area (Å²) in [5, 5.41) is 9.80. The number of fused-ring (bicyclic) bond motifs is 1. The molecule has 0 saturated heterocycles. The number of carbonyl (C=O) groups is 1. The monoisotopic (exact) mass is 348 g/mol. The van der Waals surface area contributed by atoms with E-state index in [0.29, 0.717) is 6.54 Å². The van der Waals surface area contributed by atoms with E-state index in [4.69, 9.17) is 0 Å². The van der Waals surface area contributed by atoms with Crippen LogP contribution in [0.1, 0.15) is 23.2 Å². The van der Waals surface area contributed by atoms with Gasteiger partial charge in [-0.3, -0.25) is 4.68 Å². The topological polar surface area (TPSA) is 59.0 Å². The van der Waals surface area contributed by atoms with E-state index in [-0.39, 0.29) is 6.03 Å². The zero-order valence-corrected chi connectivity index (χ0v) is 13.4. The third kappa shape index (κ3) is 3.10. The molecule has 2 N–H and O–H groups in total. The van der Waals surface area contributed by atoms with E-state index in [9.17, 15) is 4.79 Å². The van der Waals surface area contributed by atoms with Crippen molar-refractivity contribution in [1.82, 2.24) is 15.1 Å². The van der Waals surface area contributed by atoms with Crippen LogP contribution in [0.2, 0.25) is 0 Å². The maximum atomic E-state index is 12.0. The molecule has 2 amide bonds. The minimum Gasteiger partial charge on any atom is -0.332 e. The molecule has 3 rings (SSSR count). The Morgan fingerprint density at radius 1 is 1.38 bits per heavy atom. The number of amides is 2. The molecule has 1 aromatic carbocycles. The van der Waals surface area contributed by atoms with Crippen molar-refractivity contribution in [3.8, 4) is 0 Å². The van der Waals surface area contributed by atoms with Crippen molar-refractivity contribution in [1.29, 1.82) is 0 Å². The molecule has 0 bridgehead atoms. The number of aryl methyl sites for hydroxylation is 3. The predicted octanol–water partition coefficient (Wildman–Crippen LogP) is 2.99. The van der Waals surface area contributed by atoms with Gasteiger partial charge < -0.3 is 10.6 Å². The van der Waals surface area contributed by atoms with Gasteiger partial charge in [-0.1, -0.05) is 0 Å². The Balaban J connectivity index is 1.64. The van der Waals surface area contributed by atoms with Crippen LogP contribution < -0.4 is 10.6 Å². The average molecular weight is 349 g/mol. The minimum absolute atomic E-state index is 0.213. The smallest absolute Gasteiger partial charge is 0.319 e. The molecule has 0 saturated carbocycles. The van der Waals surface area contributed by atoms with Crippen molar-refractivity contribution in [3.63, 3.8) is 0 Å². The lowest BCUT2D eigenvalue weighted by Crippen LogP contribution is -2.29. The number of halogens is 1. The third-order valence-corrected chi connectivity index (χ3v) is 4.44. The highest BCUT2D eigenvalue weighted by Crippen LogP contribution is 2.31. The second-order valence-electron chi connectivity index (χ2n) is 5.21. The van der Waals surface area contributed by atoms with E-state index < -0.39 is 0 Å². The molecule has 0 radical (unpaired) electrons. The number of nitrogens with zero attached hydrogens (tertiary/aromatic N) is 2. The second-order valence-corrected chi connectivity index (χ2v) is 6.06. The number of rotatable bonds is 3. The van der Waals surface area contributed by atoms with Gasteiger partial charge in [0.1, 0.15) is 0 Å². The highest BCUT2D eigenvalue weighted by atomic mass is 79.9. The SMILES string of the molecule is Cn1nccc1CNC(=O)Nc1cc2c(cc1Br)CCC2. The summed E-state index contributed by atoms with van der Waals surface area (Å²) in [5.74, 6) is 0.